The summed E-state index contributed by atoms with van der Waals surface area (Å²) in [4.78, 5) is 0. The molecule has 0 amide bonds. The minimum Gasteiger partial charge on any atom is -0.395 e. The summed E-state index contributed by atoms with van der Waals surface area (Å²) in [7, 11) is 0. The molecule has 0 aliphatic rings. The van der Waals surface area contributed by atoms with Crippen LogP contribution in [0.15, 0.2) is 24.3 Å². The molecule has 1 aromatic rings. The Labute approximate surface area is 72.5 Å². The molecule has 0 radical (unpaired) electrons. The molecule has 11 heavy (non-hydrogen) atoms. The lowest BCUT2D eigenvalue weighted by Crippen LogP contribution is -1.95. The molecule has 0 aliphatic heterocycles. The maximum absolute atomic E-state index is 8.78. The fraction of sp³-hybridized carbons (Fsp3) is 0.333. The van der Waals surface area contributed by atoms with Gasteiger partial charge >= 0.3 is 0 Å². The molecule has 1 nitrogen and oxygen atoms in total. The summed E-state index contributed by atoms with van der Waals surface area (Å²) in [5.41, 5.74) is 2.30. The largest absolute Gasteiger partial charge is 0.395 e. The van der Waals surface area contributed by atoms with Crippen LogP contribution in [0.2, 0.25) is 0 Å². The van der Waals surface area contributed by atoms with Gasteiger partial charge < -0.3 is 5.11 Å². The van der Waals surface area contributed by atoms with E-state index in [0.29, 0.717) is 0 Å². The second kappa shape index (κ2) is 3.79. The van der Waals surface area contributed by atoms with Gasteiger partial charge in [-0.05, 0) is 12.5 Å². The third-order valence-electron chi connectivity index (χ3n) is 1.64. The van der Waals surface area contributed by atoms with Crippen LogP contribution in [0, 0.1) is 6.92 Å². The van der Waals surface area contributed by atoms with Gasteiger partial charge in [-0.15, -0.1) is 0 Å². The molecule has 0 heterocycles. The minimum absolute atomic E-state index is 0.0457. The molecule has 0 aliphatic carbocycles. The number of aliphatic hydroxyl groups excluding tert-OH is 1. The first-order valence-electron chi connectivity index (χ1n) is 3.59. The van der Waals surface area contributed by atoms with Crippen molar-refractivity contribution in [3.05, 3.63) is 35.4 Å². The highest BCUT2D eigenvalue weighted by molar-refractivity contribution is 7.80. The first-order valence-corrected chi connectivity index (χ1v) is 4.11. The topological polar surface area (TPSA) is 20.2 Å². The molecule has 0 saturated carbocycles. The van der Waals surface area contributed by atoms with E-state index in [-0.39, 0.29) is 11.9 Å². The van der Waals surface area contributed by atoms with Gasteiger partial charge in [-0.25, -0.2) is 0 Å². The predicted octanol–water partition coefficient (Wildman–Crippen LogP) is 1.96. The lowest BCUT2D eigenvalue weighted by Gasteiger charge is -2.06. The van der Waals surface area contributed by atoms with E-state index < -0.39 is 0 Å². The maximum Gasteiger partial charge on any atom is 0.0588 e. The maximum atomic E-state index is 8.78. The molecule has 1 atom stereocenters. The van der Waals surface area contributed by atoms with Crippen molar-refractivity contribution in [1.82, 2.24) is 0 Å². The lowest BCUT2D eigenvalue weighted by atomic mass is 10.1. The van der Waals surface area contributed by atoms with E-state index in [1.54, 1.807) is 0 Å². The molecule has 60 valence electrons. The van der Waals surface area contributed by atoms with Crippen LogP contribution >= 0.6 is 12.6 Å². The highest BCUT2D eigenvalue weighted by Crippen LogP contribution is 2.18. The van der Waals surface area contributed by atoms with Crippen molar-refractivity contribution in [2.45, 2.75) is 12.2 Å². The second-order valence-electron chi connectivity index (χ2n) is 2.61. The fourth-order valence-corrected chi connectivity index (χ4v) is 1.07. The molecule has 1 unspecified atom stereocenters. The van der Waals surface area contributed by atoms with Crippen LogP contribution in [0.4, 0.5) is 0 Å². The van der Waals surface area contributed by atoms with Crippen molar-refractivity contribution in [2.75, 3.05) is 6.61 Å². The lowest BCUT2D eigenvalue weighted by molar-refractivity contribution is 0.297. The van der Waals surface area contributed by atoms with Crippen LogP contribution in [0.25, 0.3) is 0 Å². The van der Waals surface area contributed by atoms with Crippen molar-refractivity contribution in [1.29, 1.82) is 0 Å². The van der Waals surface area contributed by atoms with Gasteiger partial charge in [0.15, 0.2) is 0 Å². The Balaban J connectivity index is 2.81. The summed E-state index contributed by atoms with van der Waals surface area (Å²) in [5, 5.41) is 8.74. The van der Waals surface area contributed by atoms with Gasteiger partial charge in [0, 0.05) is 5.25 Å². The second-order valence-corrected chi connectivity index (χ2v) is 3.23. The van der Waals surface area contributed by atoms with Crippen LogP contribution in [-0.4, -0.2) is 11.7 Å². The zero-order chi connectivity index (χ0) is 8.27. The van der Waals surface area contributed by atoms with E-state index in [0.717, 1.165) is 5.56 Å². The van der Waals surface area contributed by atoms with Gasteiger partial charge in [0.05, 0.1) is 6.61 Å². The van der Waals surface area contributed by atoms with Crippen LogP contribution in [-0.2, 0) is 0 Å². The van der Waals surface area contributed by atoms with Crippen LogP contribution in [0.5, 0.6) is 0 Å². The summed E-state index contributed by atoms with van der Waals surface area (Å²) in [6.45, 7) is 2.13. The fourth-order valence-electron chi connectivity index (χ4n) is 0.894. The van der Waals surface area contributed by atoms with Gasteiger partial charge in [-0.3, -0.25) is 0 Å². The van der Waals surface area contributed by atoms with Gasteiger partial charge in [0.2, 0.25) is 0 Å². The van der Waals surface area contributed by atoms with E-state index in [4.69, 9.17) is 5.11 Å². The Morgan fingerprint density at radius 2 is 1.91 bits per heavy atom. The number of aliphatic hydroxyl groups is 1. The molecule has 0 bridgehead atoms. The standard InChI is InChI=1S/C9H12OS/c1-7-2-4-8(5-3-7)9(11)6-10/h2-5,9-11H,6H2,1H3. The van der Waals surface area contributed by atoms with E-state index in [2.05, 4.69) is 12.6 Å². The molecule has 0 aromatic heterocycles. The number of aryl methyl sites for hydroxylation is 1. The quantitative estimate of drug-likeness (QED) is 0.647. The van der Waals surface area contributed by atoms with Gasteiger partial charge in [-0.1, -0.05) is 29.8 Å². The Morgan fingerprint density at radius 3 is 2.36 bits per heavy atom. The van der Waals surface area contributed by atoms with Crippen molar-refractivity contribution >= 4 is 12.6 Å². The number of hydrogen-bond acceptors (Lipinski definition) is 2. The molecule has 1 N–H and O–H groups in total. The van der Waals surface area contributed by atoms with Crippen LogP contribution in [0.3, 0.4) is 0 Å². The summed E-state index contributed by atoms with van der Waals surface area (Å²) in [6, 6.07) is 8.02. The average Bonchev–Trinajstić information content (AvgIpc) is 2.05. The zero-order valence-electron chi connectivity index (χ0n) is 6.49. The first kappa shape index (κ1) is 8.62. The van der Waals surface area contributed by atoms with Crippen LogP contribution < -0.4 is 0 Å². The summed E-state index contributed by atoms with van der Waals surface area (Å²) in [6.07, 6.45) is 0. The van der Waals surface area contributed by atoms with Gasteiger partial charge in [-0.2, -0.15) is 12.6 Å². The van der Waals surface area contributed by atoms with Crippen molar-refractivity contribution < 1.29 is 5.11 Å². The third kappa shape index (κ3) is 2.24. The predicted molar refractivity (Wildman–Crippen MR) is 50.0 cm³/mol. The Hall–Kier alpha value is -0.470. The van der Waals surface area contributed by atoms with E-state index >= 15 is 0 Å². The molecule has 1 rings (SSSR count). The normalized spacial score (nSPS) is 13.0. The highest BCUT2D eigenvalue weighted by Gasteiger charge is 2.02. The molecular formula is C9H12OS. The molecular weight excluding hydrogens is 156 g/mol. The Morgan fingerprint density at radius 1 is 1.36 bits per heavy atom. The summed E-state index contributed by atoms with van der Waals surface area (Å²) < 4.78 is 0. The summed E-state index contributed by atoms with van der Waals surface area (Å²) >= 11 is 4.20. The van der Waals surface area contributed by atoms with Crippen molar-refractivity contribution in [3.63, 3.8) is 0 Å². The van der Waals surface area contributed by atoms with E-state index in [9.17, 15) is 0 Å². The van der Waals surface area contributed by atoms with Gasteiger partial charge in [0.1, 0.15) is 0 Å². The first-order chi connectivity index (χ1) is 5.24. The zero-order valence-corrected chi connectivity index (χ0v) is 7.38. The number of hydrogen-bond donors (Lipinski definition) is 2. The van der Waals surface area contributed by atoms with Crippen molar-refractivity contribution in [2.24, 2.45) is 0 Å². The number of benzene rings is 1. The molecule has 2 heteroatoms. The number of rotatable bonds is 2. The van der Waals surface area contributed by atoms with E-state index in [1.807, 2.05) is 31.2 Å². The highest BCUT2D eigenvalue weighted by atomic mass is 32.1. The number of thiol groups is 1. The van der Waals surface area contributed by atoms with Crippen molar-refractivity contribution in [3.8, 4) is 0 Å². The third-order valence-corrected chi connectivity index (χ3v) is 2.10. The van der Waals surface area contributed by atoms with E-state index in [1.165, 1.54) is 5.56 Å². The molecule has 0 spiro atoms. The Kier molecular flexibility index (Phi) is 2.97. The Bertz CT molecular complexity index is 218. The molecule has 0 saturated heterocycles. The molecule has 0 fully saturated rings. The monoisotopic (exact) mass is 168 g/mol. The van der Waals surface area contributed by atoms with Crippen LogP contribution in [0.1, 0.15) is 16.4 Å². The smallest absolute Gasteiger partial charge is 0.0588 e. The minimum atomic E-state index is -0.0457. The molecule has 1 aromatic carbocycles. The average molecular weight is 168 g/mol. The summed E-state index contributed by atoms with van der Waals surface area (Å²) in [5.74, 6) is 0. The van der Waals surface area contributed by atoms with Gasteiger partial charge in [0.25, 0.3) is 0 Å². The SMILES string of the molecule is Cc1ccc(C(S)CO)cc1.